The highest BCUT2D eigenvalue weighted by Gasteiger charge is 2.31. The van der Waals surface area contributed by atoms with E-state index in [2.05, 4.69) is 35.6 Å². The van der Waals surface area contributed by atoms with Crippen molar-refractivity contribution < 1.29 is 28.9 Å². The third-order valence-electron chi connectivity index (χ3n) is 8.13. The molecule has 1 fully saturated rings. The first-order valence-electron chi connectivity index (χ1n) is 14.9. The molecule has 3 aromatic rings. The number of rotatable bonds is 12. The molecule has 0 radical (unpaired) electrons. The fourth-order valence-corrected chi connectivity index (χ4v) is 6.07. The first kappa shape index (κ1) is 32.4. The molecule has 2 amide bonds. The van der Waals surface area contributed by atoms with Gasteiger partial charge < -0.3 is 35.5 Å². The number of hydrogen-bond donors (Lipinski definition) is 5. The lowest BCUT2D eigenvalue weighted by molar-refractivity contribution is 0.0296. The monoisotopic (exact) mass is 613 g/mol. The molecule has 5 N–H and O–H groups in total. The quantitative estimate of drug-likeness (QED) is 0.119. The van der Waals surface area contributed by atoms with Gasteiger partial charge in [-0.2, -0.15) is 0 Å². The van der Waals surface area contributed by atoms with E-state index < -0.39 is 31.5 Å². The number of halogens is 1. The van der Waals surface area contributed by atoms with Crippen LogP contribution < -0.4 is 16.0 Å². The van der Waals surface area contributed by atoms with Gasteiger partial charge in [0.15, 0.2) is 0 Å². The summed E-state index contributed by atoms with van der Waals surface area (Å²) < 4.78 is 21.5. The van der Waals surface area contributed by atoms with Crippen molar-refractivity contribution in [3.8, 4) is 0 Å². The maximum atomic E-state index is 13.6. The number of aromatic nitrogens is 2. The summed E-state index contributed by atoms with van der Waals surface area (Å²) in [7, 11) is -1.31. The van der Waals surface area contributed by atoms with Crippen LogP contribution in [0.25, 0.3) is 11.0 Å². The smallest absolute Gasteiger partial charge is 0.404 e. The zero-order chi connectivity index (χ0) is 31.4. The SMILES string of the molecule is CCC(C)(O)c1cc2c(NC3CCC(NC(=O)O)CC3)c(C(=O)Nc3ccc(F)cc3)cnc2n1COCC[Si](C)(C)C. The normalized spacial score (nSPS) is 18.7. The van der Waals surface area contributed by atoms with Crippen LogP contribution in [-0.4, -0.2) is 58.5 Å². The molecule has 1 aliphatic carbocycles. The summed E-state index contributed by atoms with van der Waals surface area (Å²) >= 11 is 0. The van der Waals surface area contributed by atoms with Crippen LogP contribution in [0.4, 0.5) is 20.6 Å². The van der Waals surface area contributed by atoms with Gasteiger partial charge in [-0.15, -0.1) is 0 Å². The summed E-state index contributed by atoms with van der Waals surface area (Å²) in [5.74, 6) is -0.812. The molecule has 1 aromatic carbocycles. The highest BCUT2D eigenvalue weighted by atomic mass is 28.3. The first-order valence-corrected chi connectivity index (χ1v) is 18.6. The second kappa shape index (κ2) is 13.4. The number of nitrogens with zero attached hydrogens (tertiary/aromatic N) is 2. The molecule has 0 bridgehead atoms. The molecule has 1 atom stereocenters. The molecule has 4 rings (SSSR count). The summed E-state index contributed by atoms with van der Waals surface area (Å²) in [5.41, 5.74) is 1.38. The number of carbonyl (C=O) groups excluding carboxylic acids is 1. The number of carboxylic acid groups (broad SMARTS) is 1. The molecule has 0 saturated heterocycles. The van der Waals surface area contributed by atoms with Gasteiger partial charge >= 0.3 is 6.09 Å². The predicted octanol–water partition coefficient (Wildman–Crippen LogP) is 6.35. The van der Waals surface area contributed by atoms with Gasteiger partial charge in [-0.1, -0.05) is 26.6 Å². The number of anilines is 2. The molecule has 0 spiro atoms. The summed E-state index contributed by atoms with van der Waals surface area (Å²) in [6, 6.07) is 8.29. The minimum absolute atomic E-state index is 0.0127. The third-order valence-corrected chi connectivity index (χ3v) is 9.83. The average molecular weight is 614 g/mol. The fourth-order valence-electron chi connectivity index (χ4n) is 5.31. The van der Waals surface area contributed by atoms with E-state index in [0.717, 1.165) is 6.04 Å². The van der Waals surface area contributed by atoms with Crippen molar-refractivity contribution >= 4 is 42.5 Å². The lowest BCUT2D eigenvalue weighted by atomic mass is 9.90. The summed E-state index contributed by atoms with van der Waals surface area (Å²) in [6.07, 6.45) is 3.68. The average Bonchev–Trinajstić information content (AvgIpc) is 3.32. The van der Waals surface area contributed by atoms with Crippen molar-refractivity contribution in [2.75, 3.05) is 17.2 Å². The van der Waals surface area contributed by atoms with Crippen molar-refractivity contribution in [3.63, 3.8) is 0 Å². The molecule has 234 valence electrons. The van der Waals surface area contributed by atoms with Gasteiger partial charge in [0.1, 0.15) is 23.8 Å². The van der Waals surface area contributed by atoms with E-state index in [1.165, 1.54) is 30.5 Å². The number of amides is 2. The number of nitrogens with one attached hydrogen (secondary N) is 3. The standard InChI is InChI=1S/C31H44FN5O5Si/c1-6-31(2,41)26-17-24-27(34-21-11-13-23(14-12-21)36-30(39)40)25(29(38)35-22-9-7-20(32)8-10-22)18-33-28(24)37(26)19-42-15-16-43(3,4)5/h7-10,17-18,21,23,36,41H,6,11-16,19H2,1-5H3,(H,33,34)(H,35,38)(H,39,40). The molecular formula is C31H44FN5O5Si. The number of pyridine rings is 1. The van der Waals surface area contributed by atoms with Crippen LogP contribution >= 0.6 is 0 Å². The molecule has 1 unspecified atom stereocenters. The molecular weight excluding hydrogens is 569 g/mol. The topological polar surface area (TPSA) is 138 Å². The number of hydrogen-bond acceptors (Lipinski definition) is 6. The Morgan fingerprint density at radius 1 is 1.14 bits per heavy atom. The van der Waals surface area contributed by atoms with Crippen molar-refractivity contribution in [1.82, 2.24) is 14.9 Å². The van der Waals surface area contributed by atoms with Gasteiger partial charge in [-0.3, -0.25) is 4.79 Å². The number of fused-ring (bicyclic) bond motifs is 1. The van der Waals surface area contributed by atoms with Crippen LogP contribution in [0.2, 0.25) is 25.7 Å². The minimum Gasteiger partial charge on any atom is -0.465 e. The highest BCUT2D eigenvalue weighted by Crippen LogP contribution is 2.36. The van der Waals surface area contributed by atoms with Crippen molar-refractivity contribution in [2.24, 2.45) is 0 Å². The third kappa shape index (κ3) is 8.33. The van der Waals surface area contributed by atoms with Crippen molar-refractivity contribution in [2.45, 2.75) is 96.1 Å². The van der Waals surface area contributed by atoms with Gasteiger partial charge in [0.05, 0.1) is 16.9 Å². The van der Waals surface area contributed by atoms with Crippen molar-refractivity contribution in [3.05, 3.63) is 53.6 Å². The van der Waals surface area contributed by atoms with Crippen LogP contribution in [0.1, 0.15) is 62.0 Å². The van der Waals surface area contributed by atoms with Crippen LogP contribution in [0.15, 0.2) is 36.5 Å². The Kier molecular flexibility index (Phi) is 10.1. The summed E-state index contributed by atoms with van der Waals surface area (Å²) in [4.78, 5) is 29.4. The van der Waals surface area contributed by atoms with Crippen LogP contribution in [0, 0.1) is 5.82 Å². The predicted molar refractivity (Wildman–Crippen MR) is 169 cm³/mol. The molecule has 2 heterocycles. The van der Waals surface area contributed by atoms with Crippen LogP contribution in [-0.2, 0) is 17.1 Å². The molecule has 1 aliphatic rings. The molecule has 1 saturated carbocycles. The Bertz CT molecular complexity index is 1430. The number of ether oxygens (including phenoxy) is 1. The zero-order valence-electron chi connectivity index (χ0n) is 25.7. The van der Waals surface area contributed by atoms with E-state index in [4.69, 9.17) is 14.8 Å². The van der Waals surface area contributed by atoms with Crippen LogP contribution in [0.3, 0.4) is 0 Å². The molecule has 0 aliphatic heterocycles. The molecule has 10 nitrogen and oxygen atoms in total. The van der Waals surface area contributed by atoms with E-state index in [1.54, 1.807) is 6.92 Å². The largest absolute Gasteiger partial charge is 0.465 e. The van der Waals surface area contributed by atoms with E-state index in [9.17, 15) is 19.1 Å². The number of benzene rings is 1. The number of carbonyl (C=O) groups is 2. The zero-order valence-corrected chi connectivity index (χ0v) is 26.7. The highest BCUT2D eigenvalue weighted by molar-refractivity contribution is 6.76. The van der Waals surface area contributed by atoms with Gasteiger partial charge in [0.25, 0.3) is 5.91 Å². The summed E-state index contributed by atoms with van der Waals surface area (Å²) in [6.45, 7) is 11.3. The lowest BCUT2D eigenvalue weighted by Crippen LogP contribution is -2.39. The molecule has 12 heteroatoms. The first-order chi connectivity index (χ1) is 20.3. The summed E-state index contributed by atoms with van der Waals surface area (Å²) in [5, 5.41) is 30.2. The maximum absolute atomic E-state index is 13.6. The molecule has 2 aromatic heterocycles. The van der Waals surface area contributed by atoms with E-state index in [1.807, 2.05) is 17.6 Å². The second-order valence-corrected chi connectivity index (χ2v) is 18.4. The lowest BCUT2D eigenvalue weighted by Gasteiger charge is -2.30. The minimum atomic E-state index is -1.31. The fraction of sp³-hybridized carbons (Fsp3) is 0.516. The van der Waals surface area contributed by atoms with E-state index in [-0.39, 0.29) is 18.8 Å². The van der Waals surface area contributed by atoms with Gasteiger partial charge in [0, 0.05) is 44.0 Å². The number of aliphatic hydroxyl groups is 1. The second-order valence-electron chi connectivity index (χ2n) is 12.8. The van der Waals surface area contributed by atoms with Gasteiger partial charge in [-0.25, -0.2) is 14.2 Å². The Balaban J connectivity index is 1.73. The van der Waals surface area contributed by atoms with Crippen LogP contribution in [0.5, 0.6) is 0 Å². The van der Waals surface area contributed by atoms with Gasteiger partial charge in [0.2, 0.25) is 0 Å². The van der Waals surface area contributed by atoms with E-state index >= 15 is 0 Å². The Morgan fingerprint density at radius 3 is 2.40 bits per heavy atom. The van der Waals surface area contributed by atoms with E-state index in [0.29, 0.717) is 72.4 Å². The van der Waals surface area contributed by atoms with Gasteiger partial charge in [-0.05, 0) is 75.4 Å². The Hall–Kier alpha value is -3.48. The van der Waals surface area contributed by atoms with Crippen molar-refractivity contribution in [1.29, 1.82) is 0 Å². The molecule has 43 heavy (non-hydrogen) atoms. The maximum Gasteiger partial charge on any atom is 0.404 e. The Labute approximate surface area is 253 Å². The Morgan fingerprint density at radius 2 is 1.79 bits per heavy atom.